The summed E-state index contributed by atoms with van der Waals surface area (Å²) >= 11 is 1.72. The number of ether oxygens (including phenoxy) is 1. The number of piperazine rings is 1. The smallest absolute Gasteiger partial charge is 0.183 e. The Morgan fingerprint density at radius 2 is 2.09 bits per heavy atom. The van der Waals surface area contributed by atoms with Gasteiger partial charge in [0.2, 0.25) is 0 Å². The molecule has 0 spiro atoms. The molecule has 0 aliphatic carbocycles. The van der Waals surface area contributed by atoms with Crippen molar-refractivity contribution in [2.24, 2.45) is 0 Å². The molecule has 6 heteroatoms. The average Bonchev–Trinajstić information content (AvgIpc) is 2.97. The first-order valence-corrected chi connectivity index (χ1v) is 8.72. The van der Waals surface area contributed by atoms with E-state index in [9.17, 15) is 0 Å². The molecule has 2 aromatic rings. The van der Waals surface area contributed by atoms with Gasteiger partial charge in [0.25, 0.3) is 0 Å². The highest BCUT2D eigenvalue weighted by Crippen LogP contribution is 2.30. The molecule has 1 saturated heterocycles. The summed E-state index contributed by atoms with van der Waals surface area (Å²) in [6.45, 7) is 9.40. The Balaban J connectivity index is 1.70. The third kappa shape index (κ3) is 3.51. The highest BCUT2D eigenvalue weighted by atomic mass is 32.1. The molecule has 1 N–H and O–H groups in total. The third-order valence-corrected chi connectivity index (χ3v) is 5.11. The summed E-state index contributed by atoms with van der Waals surface area (Å²) in [5.74, 6) is 0. The van der Waals surface area contributed by atoms with E-state index in [1.54, 1.807) is 18.4 Å². The fourth-order valence-corrected chi connectivity index (χ4v) is 3.69. The van der Waals surface area contributed by atoms with Gasteiger partial charge in [0.1, 0.15) is 0 Å². The van der Waals surface area contributed by atoms with Gasteiger partial charge in [0.15, 0.2) is 5.13 Å². The quantitative estimate of drug-likeness (QED) is 0.828. The van der Waals surface area contributed by atoms with Crippen LogP contribution in [0.5, 0.6) is 0 Å². The van der Waals surface area contributed by atoms with Gasteiger partial charge in [-0.1, -0.05) is 18.3 Å². The molecule has 1 fully saturated rings. The average molecular weight is 320 g/mol. The zero-order chi connectivity index (χ0) is 15.4. The van der Waals surface area contributed by atoms with Crippen molar-refractivity contribution in [2.75, 3.05) is 63.2 Å². The monoisotopic (exact) mass is 320 g/mol. The predicted molar refractivity (Wildman–Crippen MR) is 94.3 cm³/mol. The van der Waals surface area contributed by atoms with Crippen molar-refractivity contribution >= 4 is 32.4 Å². The van der Waals surface area contributed by atoms with Gasteiger partial charge in [-0.3, -0.25) is 0 Å². The molecule has 120 valence electrons. The molecule has 0 unspecified atom stereocenters. The van der Waals surface area contributed by atoms with Crippen LogP contribution in [0.3, 0.4) is 0 Å². The minimum Gasteiger partial charge on any atom is -0.383 e. The van der Waals surface area contributed by atoms with Crippen molar-refractivity contribution < 1.29 is 4.74 Å². The minimum absolute atomic E-state index is 0.697. The molecule has 0 radical (unpaired) electrons. The number of hydrogen-bond acceptors (Lipinski definition) is 6. The molecule has 22 heavy (non-hydrogen) atoms. The molecule has 0 bridgehead atoms. The second kappa shape index (κ2) is 7.26. The van der Waals surface area contributed by atoms with Crippen LogP contribution in [0.4, 0.5) is 10.8 Å². The maximum absolute atomic E-state index is 5.06. The Hall–Kier alpha value is -1.37. The molecule has 0 atom stereocenters. The molecule has 1 aromatic carbocycles. The maximum atomic E-state index is 5.06. The summed E-state index contributed by atoms with van der Waals surface area (Å²) in [6.07, 6.45) is 0. The Morgan fingerprint density at radius 1 is 1.27 bits per heavy atom. The van der Waals surface area contributed by atoms with Crippen molar-refractivity contribution in [2.45, 2.75) is 6.92 Å². The van der Waals surface area contributed by atoms with Crippen LogP contribution in [0.25, 0.3) is 10.2 Å². The van der Waals surface area contributed by atoms with E-state index in [2.05, 4.69) is 45.2 Å². The lowest BCUT2D eigenvalue weighted by Gasteiger charge is -2.35. The molecule has 1 aliphatic rings. The highest BCUT2D eigenvalue weighted by Gasteiger charge is 2.16. The lowest BCUT2D eigenvalue weighted by molar-refractivity contribution is 0.211. The highest BCUT2D eigenvalue weighted by molar-refractivity contribution is 7.22. The van der Waals surface area contributed by atoms with E-state index in [-0.39, 0.29) is 0 Å². The van der Waals surface area contributed by atoms with Crippen molar-refractivity contribution in [1.29, 1.82) is 0 Å². The fourth-order valence-electron chi connectivity index (χ4n) is 2.77. The van der Waals surface area contributed by atoms with E-state index in [0.717, 1.165) is 49.9 Å². The lowest BCUT2D eigenvalue weighted by Crippen LogP contribution is -2.46. The van der Waals surface area contributed by atoms with E-state index in [0.29, 0.717) is 6.61 Å². The van der Waals surface area contributed by atoms with Gasteiger partial charge in [0, 0.05) is 45.5 Å². The first-order chi connectivity index (χ1) is 10.8. The van der Waals surface area contributed by atoms with Gasteiger partial charge in [-0.05, 0) is 24.7 Å². The molecule has 0 saturated carbocycles. The molecule has 2 heterocycles. The number of likely N-dealkylation sites (N-methyl/N-ethyl adjacent to an activating group) is 1. The number of hydrogen-bond donors (Lipinski definition) is 1. The zero-order valence-corrected chi connectivity index (χ0v) is 14.2. The number of anilines is 2. The summed E-state index contributed by atoms with van der Waals surface area (Å²) in [4.78, 5) is 9.60. The molecular weight excluding hydrogens is 296 g/mol. The topological polar surface area (TPSA) is 40.6 Å². The van der Waals surface area contributed by atoms with E-state index in [1.165, 1.54) is 10.4 Å². The van der Waals surface area contributed by atoms with Crippen LogP contribution < -0.4 is 10.2 Å². The number of thiazole rings is 1. The Morgan fingerprint density at radius 3 is 2.82 bits per heavy atom. The lowest BCUT2D eigenvalue weighted by atomic mass is 10.2. The number of nitrogens with zero attached hydrogens (tertiary/aromatic N) is 3. The summed E-state index contributed by atoms with van der Waals surface area (Å²) < 4.78 is 6.30. The Labute approximate surface area is 135 Å². The second-order valence-electron chi connectivity index (χ2n) is 5.51. The fraction of sp³-hybridized carbons (Fsp3) is 0.562. The van der Waals surface area contributed by atoms with E-state index >= 15 is 0 Å². The molecular formula is C16H24N4OS. The zero-order valence-electron chi connectivity index (χ0n) is 13.3. The van der Waals surface area contributed by atoms with Crippen LogP contribution in [0.2, 0.25) is 0 Å². The van der Waals surface area contributed by atoms with Crippen molar-refractivity contribution in [3.8, 4) is 0 Å². The minimum atomic E-state index is 0.697. The van der Waals surface area contributed by atoms with Gasteiger partial charge in [-0.15, -0.1) is 0 Å². The Bertz CT molecular complexity index is 607. The number of methoxy groups -OCH3 is 1. The van der Waals surface area contributed by atoms with Gasteiger partial charge in [-0.2, -0.15) is 0 Å². The largest absolute Gasteiger partial charge is 0.383 e. The molecule has 3 rings (SSSR count). The maximum Gasteiger partial charge on any atom is 0.183 e. The van der Waals surface area contributed by atoms with Gasteiger partial charge in [-0.25, -0.2) is 4.98 Å². The molecule has 1 aromatic heterocycles. The number of fused-ring (bicyclic) bond motifs is 1. The van der Waals surface area contributed by atoms with Crippen LogP contribution in [0, 0.1) is 0 Å². The van der Waals surface area contributed by atoms with E-state index in [1.807, 2.05) is 0 Å². The Kier molecular flexibility index (Phi) is 5.12. The van der Waals surface area contributed by atoms with E-state index in [4.69, 9.17) is 4.74 Å². The number of nitrogens with one attached hydrogen (secondary N) is 1. The number of rotatable bonds is 6. The van der Waals surface area contributed by atoms with Gasteiger partial charge in [0.05, 0.1) is 16.8 Å². The summed E-state index contributed by atoms with van der Waals surface area (Å²) in [5.41, 5.74) is 2.39. The second-order valence-corrected chi connectivity index (χ2v) is 6.54. The van der Waals surface area contributed by atoms with Crippen LogP contribution in [-0.4, -0.2) is 62.9 Å². The van der Waals surface area contributed by atoms with Crippen molar-refractivity contribution in [1.82, 2.24) is 9.88 Å². The number of benzene rings is 1. The van der Waals surface area contributed by atoms with Crippen LogP contribution in [-0.2, 0) is 4.74 Å². The molecule has 5 nitrogen and oxygen atoms in total. The SMILES string of the molecule is CCN1CCN(c2ccc3nc(NCCOC)sc3c2)CC1. The summed E-state index contributed by atoms with van der Waals surface area (Å²) in [5, 5.41) is 4.28. The predicted octanol–water partition coefficient (Wildman–Crippen LogP) is 2.50. The first kappa shape index (κ1) is 15.5. The standard InChI is InChI=1S/C16H24N4OS/c1-3-19-7-9-20(10-8-19)13-4-5-14-15(12-13)22-16(18-14)17-6-11-21-2/h4-5,12H,3,6-11H2,1-2H3,(H,17,18). The number of aromatic nitrogens is 1. The molecule has 1 aliphatic heterocycles. The van der Waals surface area contributed by atoms with Gasteiger partial charge < -0.3 is 19.9 Å². The summed E-state index contributed by atoms with van der Waals surface area (Å²) in [7, 11) is 1.71. The first-order valence-electron chi connectivity index (χ1n) is 7.91. The third-order valence-electron chi connectivity index (χ3n) is 4.14. The van der Waals surface area contributed by atoms with Crippen molar-refractivity contribution in [3.05, 3.63) is 18.2 Å². The van der Waals surface area contributed by atoms with Crippen LogP contribution in [0.15, 0.2) is 18.2 Å². The van der Waals surface area contributed by atoms with Crippen molar-refractivity contribution in [3.63, 3.8) is 0 Å². The van der Waals surface area contributed by atoms with Crippen LogP contribution in [0.1, 0.15) is 6.92 Å². The van der Waals surface area contributed by atoms with Gasteiger partial charge >= 0.3 is 0 Å². The van der Waals surface area contributed by atoms with E-state index < -0.39 is 0 Å². The molecule has 0 amide bonds. The normalized spacial score (nSPS) is 16.4. The van der Waals surface area contributed by atoms with Crippen LogP contribution >= 0.6 is 11.3 Å². The summed E-state index contributed by atoms with van der Waals surface area (Å²) in [6, 6.07) is 6.60.